The summed E-state index contributed by atoms with van der Waals surface area (Å²) in [5.41, 5.74) is 0.802. The average Bonchev–Trinajstić information content (AvgIpc) is 2.58. The molecule has 120 valence electrons. The zero-order chi connectivity index (χ0) is 16.1. The molecule has 0 saturated carbocycles. The monoisotopic (exact) mass is 375 g/mol. The number of carbonyl (C=O) groups is 1. The first-order valence-electron chi connectivity index (χ1n) is 7.50. The molecule has 1 fully saturated rings. The van der Waals surface area contributed by atoms with Crippen LogP contribution in [0.1, 0.15) is 0 Å². The Morgan fingerprint density at radius 2 is 1.96 bits per heavy atom. The molecule has 0 radical (unpaired) electrons. The SMILES string of the molecule is O=C(CN1CCN(c2cnccn2)CC1)Nc1ccccc1Br. The van der Waals surface area contributed by atoms with Gasteiger partial charge in [0.2, 0.25) is 5.91 Å². The molecule has 1 N–H and O–H groups in total. The second kappa shape index (κ2) is 7.52. The Hall–Kier alpha value is -1.99. The van der Waals surface area contributed by atoms with Crippen LogP contribution in [0.5, 0.6) is 0 Å². The van der Waals surface area contributed by atoms with Crippen LogP contribution in [0.4, 0.5) is 11.5 Å². The predicted molar refractivity (Wildman–Crippen MR) is 93.5 cm³/mol. The van der Waals surface area contributed by atoms with E-state index < -0.39 is 0 Å². The molecule has 1 aromatic carbocycles. The van der Waals surface area contributed by atoms with E-state index >= 15 is 0 Å². The number of hydrogen-bond donors (Lipinski definition) is 1. The third-order valence-corrected chi connectivity index (χ3v) is 4.45. The van der Waals surface area contributed by atoms with Crippen molar-refractivity contribution in [3.8, 4) is 0 Å². The summed E-state index contributed by atoms with van der Waals surface area (Å²) in [5, 5.41) is 2.94. The van der Waals surface area contributed by atoms with E-state index in [9.17, 15) is 4.79 Å². The van der Waals surface area contributed by atoms with Crippen molar-refractivity contribution in [3.05, 3.63) is 47.3 Å². The minimum atomic E-state index is 0.00449. The molecule has 1 aliphatic heterocycles. The van der Waals surface area contributed by atoms with E-state index in [0.717, 1.165) is 42.2 Å². The molecule has 3 rings (SSSR count). The van der Waals surface area contributed by atoms with Crippen LogP contribution >= 0.6 is 15.9 Å². The first-order valence-corrected chi connectivity index (χ1v) is 8.29. The Balaban J connectivity index is 1.49. The van der Waals surface area contributed by atoms with Crippen molar-refractivity contribution in [2.45, 2.75) is 0 Å². The Bertz CT molecular complexity index is 659. The number of hydrogen-bond acceptors (Lipinski definition) is 5. The summed E-state index contributed by atoms with van der Waals surface area (Å²) in [5.74, 6) is 0.898. The fourth-order valence-corrected chi connectivity index (χ4v) is 2.93. The van der Waals surface area contributed by atoms with Crippen molar-refractivity contribution < 1.29 is 4.79 Å². The largest absolute Gasteiger partial charge is 0.353 e. The van der Waals surface area contributed by atoms with Crippen molar-refractivity contribution in [1.82, 2.24) is 14.9 Å². The van der Waals surface area contributed by atoms with Gasteiger partial charge in [0.15, 0.2) is 0 Å². The molecule has 0 atom stereocenters. The molecule has 6 nitrogen and oxygen atoms in total. The lowest BCUT2D eigenvalue weighted by Crippen LogP contribution is -2.49. The maximum absolute atomic E-state index is 12.2. The van der Waals surface area contributed by atoms with E-state index in [1.165, 1.54) is 0 Å². The van der Waals surface area contributed by atoms with E-state index in [1.54, 1.807) is 18.6 Å². The molecule has 0 spiro atoms. The lowest BCUT2D eigenvalue weighted by atomic mass is 10.3. The number of rotatable bonds is 4. The third-order valence-electron chi connectivity index (χ3n) is 3.76. The minimum absolute atomic E-state index is 0.00449. The van der Waals surface area contributed by atoms with Gasteiger partial charge in [0.1, 0.15) is 5.82 Å². The topological polar surface area (TPSA) is 61.4 Å². The number of piperazine rings is 1. The number of aromatic nitrogens is 2. The number of nitrogens with zero attached hydrogens (tertiary/aromatic N) is 4. The van der Waals surface area contributed by atoms with Gasteiger partial charge >= 0.3 is 0 Å². The standard InChI is InChI=1S/C16H18BrN5O/c17-13-3-1-2-4-14(13)20-16(23)12-21-7-9-22(10-8-21)15-11-18-5-6-19-15/h1-6,11H,7-10,12H2,(H,20,23). The summed E-state index contributed by atoms with van der Waals surface area (Å²) in [4.78, 5) is 24.9. The van der Waals surface area contributed by atoms with E-state index in [-0.39, 0.29) is 5.91 Å². The number of halogens is 1. The number of anilines is 2. The molecule has 1 aromatic heterocycles. The first kappa shape index (κ1) is 15.9. The molecule has 23 heavy (non-hydrogen) atoms. The summed E-state index contributed by atoms with van der Waals surface area (Å²) in [6, 6.07) is 7.62. The molecule has 1 amide bonds. The zero-order valence-corrected chi connectivity index (χ0v) is 14.2. The van der Waals surface area contributed by atoms with Crippen molar-refractivity contribution in [2.24, 2.45) is 0 Å². The number of amides is 1. The van der Waals surface area contributed by atoms with Gasteiger partial charge in [-0.15, -0.1) is 0 Å². The summed E-state index contributed by atoms with van der Waals surface area (Å²) >= 11 is 3.44. The van der Waals surface area contributed by atoms with Crippen molar-refractivity contribution in [2.75, 3.05) is 42.9 Å². The molecular weight excluding hydrogens is 358 g/mol. The van der Waals surface area contributed by atoms with Gasteiger partial charge in [-0.25, -0.2) is 4.98 Å². The fourth-order valence-electron chi connectivity index (χ4n) is 2.55. The van der Waals surface area contributed by atoms with Gasteiger partial charge in [-0.05, 0) is 28.1 Å². The number of para-hydroxylation sites is 1. The van der Waals surface area contributed by atoms with Crippen LogP contribution in [0.15, 0.2) is 47.3 Å². The molecule has 0 aliphatic carbocycles. The van der Waals surface area contributed by atoms with Gasteiger partial charge < -0.3 is 10.2 Å². The molecule has 1 saturated heterocycles. The number of carbonyl (C=O) groups excluding carboxylic acids is 1. The van der Waals surface area contributed by atoms with Gasteiger partial charge in [0.05, 0.1) is 18.4 Å². The van der Waals surface area contributed by atoms with Crippen LogP contribution in [0.25, 0.3) is 0 Å². The van der Waals surface area contributed by atoms with E-state index in [2.05, 4.69) is 41.0 Å². The number of benzene rings is 1. The highest BCUT2D eigenvalue weighted by Crippen LogP contribution is 2.21. The lowest BCUT2D eigenvalue weighted by molar-refractivity contribution is -0.117. The van der Waals surface area contributed by atoms with Crippen LogP contribution < -0.4 is 10.2 Å². The Labute approximate surface area is 143 Å². The van der Waals surface area contributed by atoms with Crippen LogP contribution in [-0.2, 0) is 4.79 Å². The van der Waals surface area contributed by atoms with Crippen molar-refractivity contribution in [3.63, 3.8) is 0 Å². The molecular formula is C16H18BrN5O. The second-order valence-electron chi connectivity index (χ2n) is 5.35. The molecule has 0 bridgehead atoms. The Morgan fingerprint density at radius 1 is 1.17 bits per heavy atom. The quantitative estimate of drug-likeness (QED) is 0.885. The second-order valence-corrected chi connectivity index (χ2v) is 6.21. The molecule has 7 heteroatoms. The minimum Gasteiger partial charge on any atom is -0.353 e. The fraction of sp³-hybridized carbons (Fsp3) is 0.312. The smallest absolute Gasteiger partial charge is 0.238 e. The summed E-state index contributed by atoms with van der Waals surface area (Å²) < 4.78 is 0.890. The van der Waals surface area contributed by atoms with E-state index in [0.29, 0.717) is 6.54 Å². The van der Waals surface area contributed by atoms with Crippen LogP contribution in [0.3, 0.4) is 0 Å². The zero-order valence-electron chi connectivity index (χ0n) is 12.7. The predicted octanol–water partition coefficient (Wildman–Crippen LogP) is 2.00. The maximum atomic E-state index is 12.2. The third kappa shape index (κ3) is 4.27. The van der Waals surface area contributed by atoms with Crippen LogP contribution in [0.2, 0.25) is 0 Å². The van der Waals surface area contributed by atoms with Gasteiger partial charge in [0.25, 0.3) is 0 Å². The summed E-state index contributed by atoms with van der Waals surface area (Å²) in [7, 11) is 0. The van der Waals surface area contributed by atoms with Crippen molar-refractivity contribution >= 4 is 33.3 Å². The van der Waals surface area contributed by atoms with Gasteiger partial charge in [-0.1, -0.05) is 12.1 Å². The van der Waals surface area contributed by atoms with E-state index in [1.807, 2.05) is 24.3 Å². The maximum Gasteiger partial charge on any atom is 0.238 e. The van der Waals surface area contributed by atoms with Crippen LogP contribution in [-0.4, -0.2) is 53.5 Å². The highest BCUT2D eigenvalue weighted by atomic mass is 79.9. The molecule has 1 aliphatic rings. The highest BCUT2D eigenvalue weighted by Gasteiger charge is 2.20. The first-order chi connectivity index (χ1) is 11.2. The molecule has 2 heterocycles. The number of nitrogens with one attached hydrogen (secondary N) is 1. The Kier molecular flexibility index (Phi) is 5.19. The van der Waals surface area contributed by atoms with Gasteiger partial charge in [-0.3, -0.25) is 14.7 Å². The van der Waals surface area contributed by atoms with Crippen LogP contribution in [0, 0.1) is 0 Å². The Morgan fingerprint density at radius 3 is 2.65 bits per heavy atom. The molecule has 2 aromatic rings. The summed E-state index contributed by atoms with van der Waals surface area (Å²) in [6.45, 7) is 3.76. The summed E-state index contributed by atoms with van der Waals surface area (Å²) in [6.07, 6.45) is 5.15. The van der Waals surface area contributed by atoms with Gasteiger partial charge in [-0.2, -0.15) is 0 Å². The highest BCUT2D eigenvalue weighted by molar-refractivity contribution is 9.10. The van der Waals surface area contributed by atoms with Crippen molar-refractivity contribution in [1.29, 1.82) is 0 Å². The lowest BCUT2D eigenvalue weighted by Gasteiger charge is -2.34. The van der Waals surface area contributed by atoms with Gasteiger partial charge in [0, 0.05) is 43.0 Å². The molecule has 0 unspecified atom stereocenters. The normalized spacial score (nSPS) is 15.4. The van der Waals surface area contributed by atoms with E-state index in [4.69, 9.17) is 0 Å². The average molecular weight is 376 g/mol.